The third-order valence-electron chi connectivity index (χ3n) is 9.73. The van der Waals surface area contributed by atoms with Crippen LogP contribution in [0.25, 0.3) is 27.5 Å². The highest BCUT2D eigenvalue weighted by Crippen LogP contribution is 2.46. The third-order valence-corrected chi connectivity index (χ3v) is 9.73. The van der Waals surface area contributed by atoms with Crippen LogP contribution in [0, 0.1) is 5.82 Å². The SMILES string of the molecule is Fc1ccc(N(c2ccc(C3(c4ccccc4)CCCCC3)cc2)c2ccc3c4ccccc4n(-c4ccccc4)c3c2)cc1. The molecule has 0 unspecified atom stereocenters. The lowest BCUT2D eigenvalue weighted by Crippen LogP contribution is -2.30. The summed E-state index contributed by atoms with van der Waals surface area (Å²) in [7, 11) is 0. The number of hydrogen-bond acceptors (Lipinski definition) is 1. The number of nitrogens with zero attached hydrogens (tertiary/aromatic N) is 2. The first-order chi connectivity index (χ1) is 22.2. The third kappa shape index (κ3) is 4.80. The van der Waals surface area contributed by atoms with Crippen LogP contribution in [0.4, 0.5) is 21.5 Å². The van der Waals surface area contributed by atoms with E-state index in [1.165, 1.54) is 59.5 Å². The molecule has 0 spiro atoms. The van der Waals surface area contributed by atoms with Gasteiger partial charge >= 0.3 is 0 Å². The van der Waals surface area contributed by atoms with Crippen molar-refractivity contribution in [1.29, 1.82) is 0 Å². The number of anilines is 3. The lowest BCUT2D eigenvalue weighted by Gasteiger charge is -2.39. The van der Waals surface area contributed by atoms with Gasteiger partial charge < -0.3 is 9.47 Å². The van der Waals surface area contributed by atoms with E-state index >= 15 is 0 Å². The highest BCUT2D eigenvalue weighted by Gasteiger charge is 2.35. The Morgan fingerprint density at radius 2 is 1.04 bits per heavy atom. The molecule has 3 heteroatoms. The van der Waals surface area contributed by atoms with Crippen molar-refractivity contribution in [2.24, 2.45) is 0 Å². The predicted molar refractivity (Wildman–Crippen MR) is 186 cm³/mol. The minimum absolute atomic E-state index is 0.0360. The predicted octanol–water partition coefficient (Wildman–Crippen LogP) is 11.6. The fraction of sp³-hybridized carbons (Fsp3) is 0.143. The van der Waals surface area contributed by atoms with E-state index in [2.05, 4.69) is 137 Å². The van der Waals surface area contributed by atoms with E-state index in [9.17, 15) is 4.39 Å². The Hall–Kier alpha value is -5.15. The summed E-state index contributed by atoms with van der Waals surface area (Å²) in [5, 5.41) is 2.42. The summed E-state index contributed by atoms with van der Waals surface area (Å²) in [6.45, 7) is 0. The minimum Gasteiger partial charge on any atom is -0.310 e. The van der Waals surface area contributed by atoms with E-state index in [0.717, 1.165) is 28.3 Å². The number of para-hydroxylation sites is 2. The van der Waals surface area contributed by atoms with Crippen LogP contribution >= 0.6 is 0 Å². The lowest BCUT2D eigenvalue weighted by molar-refractivity contribution is 0.346. The number of halogens is 1. The van der Waals surface area contributed by atoms with Crippen molar-refractivity contribution in [3.63, 3.8) is 0 Å². The number of rotatable bonds is 6. The first-order valence-corrected chi connectivity index (χ1v) is 16.0. The number of hydrogen-bond donors (Lipinski definition) is 0. The molecule has 1 saturated carbocycles. The number of benzene rings is 6. The molecule has 2 nitrogen and oxygen atoms in total. The Morgan fingerprint density at radius 3 is 1.76 bits per heavy atom. The van der Waals surface area contributed by atoms with E-state index in [0.29, 0.717) is 0 Å². The Kier molecular flexibility index (Phi) is 6.95. The van der Waals surface area contributed by atoms with Gasteiger partial charge in [-0.15, -0.1) is 0 Å². The molecular weight excluding hydrogens is 551 g/mol. The van der Waals surface area contributed by atoms with Crippen molar-refractivity contribution < 1.29 is 4.39 Å². The molecule has 0 atom stereocenters. The van der Waals surface area contributed by atoms with Gasteiger partial charge in [-0.3, -0.25) is 0 Å². The average Bonchev–Trinajstić information content (AvgIpc) is 3.44. The summed E-state index contributed by atoms with van der Waals surface area (Å²) in [5.74, 6) is -0.240. The molecule has 220 valence electrons. The van der Waals surface area contributed by atoms with E-state index < -0.39 is 0 Å². The smallest absolute Gasteiger partial charge is 0.123 e. The van der Waals surface area contributed by atoms with Crippen LogP contribution < -0.4 is 4.90 Å². The first-order valence-electron chi connectivity index (χ1n) is 16.0. The zero-order valence-electron chi connectivity index (χ0n) is 25.2. The average molecular weight is 587 g/mol. The molecule has 1 aromatic heterocycles. The Balaban J connectivity index is 1.29. The van der Waals surface area contributed by atoms with Crippen molar-refractivity contribution in [3.05, 3.63) is 169 Å². The van der Waals surface area contributed by atoms with Gasteiger partial charge in [0.15, 0.2) is 0 Å². The second-order valence-electron chi connectivity index (χ2n) is 12.3. The summed E-state index contributed by atoms with van der Waals surface area (Å²) in [5.41, 5.74) is 9.24. The molecule has 0 amide bonds. The quantitative estimate of drug-likeness (QED) is 0.188. The van der Waals surface area contributed by atoms with Gasteiger partial charge in [-0.2, -0.15) is 0 Å². The van der Waals surface area contributed by atoms with Gasteiger partial charge in [0.1, 0.15) is 5.82 Å². The summed E-state index contributed by atoms with van der Waals surface area (Å²) >= 11 is 0. The second kappa shape index (κ2) is 11.4. The molecule has 1 aliphatic rings. The van der Waals surface area contributed by atoms with Crippen LogP contribution in [0.15, 0.2) is 152 Å². The van der Waals surface area contributed by atoms with Gasteiger partial charge in [0.05, 0.1) is 11.0 Å². The molecule has 0 radical (unpaired) electrons. The second-order valence-corrected chi connectivity index (χ2v) is 12.3. The largest absolute Gasteiger partial charge is 0.310 e. The molecule has 7 aromatic rings. The maximum atomic E-state index is 14.2. The van der Waals surface area contributed by atoms with Gasteiger partial charge in [0.25, 0.3) is 0 Å². The van der Waals surface area contributed by atoms with Crippen molar-refractivity contribution in [1.82, 2.24) is 4.57 Å². The van der Waals surface area contributed by atoms with Gasteiger partial charge in [-0.25, -0.2) is 4.39 Å². The fourth-order valence-corrected chi connectivity index (χ4v) is 7.58. The number of fused-ring (bicyclic) bond motifs is 3. The molecule has 1 aliphatic carbocycles. The molecule has 45 heavy (non-hydrogen) atoms. The van der Waals surface area contributed by atoms with E-state index in [4.69, 9.17) is 0 Å². The summed E-state index contributed by atoms with van der Waals surface area (Å²) in [4.78, 5) is 2.24. The molecule has 0 aliphatic heterocycles. The Labute approximate surface area is 264 Å². The van der Waals surface area contributed by atoms with Crippen molar-refractivity contribution in [2.45, 2.75) is 37.5 Å². The molecule has 6 aromatic carbocycles. The van der Waals surface area contributed by atoms with Gasteiger partial charge in [0.2, 0.25) is 0 Å². The maximum Gasteiger partial charge on any atom is 0.123 e. The molecule has 8 rings (SSSR count). The van der Waals surface area contributed by atoms with Crippen LogP contribution in [0.5, 0.6) is 0 Å². The zero-order chi connectivity index (χ0) is 30.2. The van der Waals surface area contributed by atoms with Gasteiger partial charge in [-0.1, -0.05) is 104 Å². The molecular formula is C42H35FN2. The monoisotopic (exact) mass is 586 g/mol. The molecule has 0 bridgehead atoms. The summed E-state index contributed by atoms with van der Waals surface area (Å²) in [6, 6.07) is 52.8. The van der Waals surface area contributed by atoms with Crippen LogP contribution in [0.2, 0.25) is 0 Å². The topological polar surface area (TPSA) is 8.17 Å². The van der Waals surface area contributed by atoms with Crippen LogP contribution in [-0.4, -0.2) is 4.57 Å². The van der Waals surface area contributed by atoms with Gasteiger partial charge in [-0.05, 0) is 90.7 Å². The highest BCUT2D eigenvalue weighted by molar-refractivity contribution is 6.10. The lowest BCUT2D eigenvalue weighted by atomic mass is 9.65. The normalized spacial score (nSPS) is 14.5. The highest BCUT2D eigenvalue weighted by atomic mass is 19.1. The van der Waals surface area contributed by atoms with E-state index in [1.807, 2.05) is 12.1 Å². The van der Waals surface area contributed by atoms with Crippen molar-refractivity contribution >= 4 is 38.9 Å². The summed E-state index contributed by atoms with van der Waals surface area (Å²) in [6.07, 6.45) is 6.12. The first kappa shape index (κ1) is 27.4. The van der Waals surface area contributed by atoms with Crippen LogP contribution in [0.1, 0.15) is 43.2 Å². The van der Waals surface area contributed by atoms with Crippen molar-refractivity contribution in [2.75, 3.05) is 4.90 Å². The van der Waals surface area contributed by atoms with Crippen LogP contribution in [-0.2, 0) is 5.41 Å². The Bertz CT molecular complexity index is 2070. The molecule has 0 N–H and O–H groups in total. The van der Waals surface area contributed by atoms with Crippen LogP contribution in [0.3, 0.4) is 0 Å². The zero-order valence-corrected chi connectivity index (χ0v) is 25.2. The van der Waals surface area contributed by atoms with E-state index in [1.54, 1.807) is 12.1 Å². The summed E-state index contributed by atoms with van der Waals surface area (Å²) < 4.78 is 16.5. The van der Waals surface area contributed by atoms with Crippen molar-refractivity contribution in [3.8, 4) is 5.69 Å². The number of aromatic nitrogens is 1. The van der Waals surface area contributed by atoms with Gasteiger partial charge in [0, 0.05) is 38.9 Å². The molecule has 1 heterocycles. The van der Waals surface area contributed by atoms with E-state index in [-0.39, 0.29) is 11.2 Å². The standard InChI is InChI=1S/C42H35FN2/c43-33-20-24-36(25-21-33)44(35-22-18-32(19-23-35)42(28-10-3-11-29-42)31-12-4-1-5-13-31)37-26-27-39-38-16-8-9-17-40(38)45(41(39)30-37)34-14-6-2-7-15-34/h1-2,4-9,12-27,30H,3,10-11,28-29H2. The molecule has 1 fully saturated rings. The molecule has 0 saturated heterocycles. The minimum atomic E-state index is -0.240. The maximum absolute atomic E-state index is 14.2. The Morgan fingerprint density at radius 1 is 0.489 bits per heavy atom. The fourth-order valence-electron chi connectivity index (χ4n) is 7.58.